The number of aryl methyl sites for hydroxylation is 1. The Balaban J connectivity index is 1.66. The van der Waals surface area contributed by atoms with Gasteiger partial charge >= 0.3 is 0 Å². The van der Waals surface area contributed by atoms with Gasteiger partial charge in [0, 0.05) is 24.8 Å². The van der Waals surface area contributed by atoms with E-state index in [1.807, 2.05) is 24.3 Å². The maximum absolute atomic E-state index is 11.0. The van der Waals surface area contributed by atoms with Crippen molar-refractivity contribution in [2.75, 3.05) is 10.6 Å². The first kappa shape index (κ1) is 14.6. The van der Waals surface area contributed by atoms with Gasteiger partial charge in [0.2, 0.25) is 5.91 Å². The molecule has 3 rings (SSSR count). The normalized spacial score (nSPS) is 13.3. The maximum atomic E-state index is 11.0. The molecule has 22 heavy (non-hydrogen) atoms. The van der Waals surface area contributed by atoms with Crippen molar-refractivity contribution < 1.29 is 4.79 Å². The summed E-state index contributed by atoms with van der Waals surface area (Å²) < 4.78 is 0. The Hall–Kier alpha value is -2.29. The van der Waals surface area contributed by atoms with Crippen molar-refractivity contribution in [3.63, 3.8) is 0 Å². The van der Waals surface area contributed by atoms with E-state index in [1.54, 1.807) is 0 Å². The van der Waals surface area contributed by atoms with Crippen LogP contribution in [-0.2, 0) is 24.2 Å². The molecule has 0 spiro atoms. The second kappa shape index (κ2) is 6.65. The third kappa shape index (κ3) is 3.48. The summed E-state index contributed by atoms with van der Waals surface area (Å²) in [6, 6.07) is 14.6. The fraction of sp³-hybridized carbons (Fsp3) is 0.316. The summed E-state index contributed by atoms with van der Waals surface area (Å²) in [6.07, 6.45) is 4.98. The van der Waals surface area contributed by atoms with Gasteiger partial charge in [-0.3, -0.25) is 4.79 Å². The van der Waals surface area contributed by atoms with E-state index >= 15 is 0 Å². The maximum Gasteiger partial charge on any atom is 0.221 e. The summed E-state index contributed by atoms with van der Waals surface area (Å²) in [7, 11) is 0. The molecule has 2 aromatic rings. The molecule has 0 radical (unpaired) electrons. The van der Waals surface area contributed by atoms with Crippen LogP contribution in [0.5, 0.6) is 0 Å². The highest BCUT2D eigenvalue weighted by Gasteiger charge is 2.12. The number of amides is 1. The lowest BCUT2D eigenvalue weighted by molar-refractivity contribution is -0.114. The van der Waals surface area contributed by atoms with Gasteiger partial charge in [-0.1, -0.05) is 24.3 Å². The van der Waals surface area contributed by atoms with E-state index in [4.69, 9.17) is 0 Å². The van der Waals surface area contributed by atoms with Crippen molar-refractivity contribution in [2.24, 2.45) is 0 Å². The minimum absolute atomic E-state index is 0.0400. The number of hydrogen-bond donors (Lipinski definition) is 2. The highest BCUT2D eigenvalue weighted by Crippen LogP contribution is 2.28. The number of anilines is 2. The Morgan fingerprint density at radius 2 is 1.82 bits per heavy atom. The van der Waals surface area contributed by atoms with E-state index in [1.165, 1.54) is 55.0 Å². The molecule has 0 heterocycles. The van der Waals surface area contributed by atoms with Gasteiger partial charge in [-0.25, -0.2) is 0 Å². The molecule has 2 aromatic carbocycles. The molecule has 0 saturated heterocycles. The minimum Gasteiger partial charge on any atom is -0.381 e. The predicted octanol–water partition coefficient (Wildman–Crippen LogP) is 4.14. The Bertz CT molecular complexity index is 662. The fourth-order valence-electron chi connectivity index (χ4n) is 3.05. The van der Waals surface area contributed by atoms with Crippen LogP contribution in [0.15, 0.2) is 42.5 Å². The smallest absolute Gasteiger partial charge is 0.221 e. The summed E-state index contributed by atoms with van der Waals surface area (Å²) in [5.74, 6) is -0.0400. The SMILES string of the molecule is CC(=O)Nc1ccc(CNc2cccc3c2CCCC3)cc1. The predicted molar refractivity (Wildman–Crippen MR) is 91.2 cm³/mol. The van der Waals surface area contributed by atoms with Crippen molar-refractivity contribution in [2.45, 2.75) is 39.2 Å². The molecule has 1 aliphatic rings. The van der Waals surface area contributed by atoms with E-state index in [-0.39, 0.29) is 5.91 Å². The van der Waals surface area contributed by atoms with Gasteiger partial charge in [-0.2, -0.15) is 0 Å². The molecule has 0 bridgehead atoms. The van der Waals surface area contributed by atoms with Gasteiger partial charge in [-0.15, -0.1) is 0 Å². The Labute approximate surface area is 131 Å². The number of benzene rings is 2. The molecule has 0 atom stereocenters. The van der Waals surface area contributed by atoms with Crippen molar-refractivity contribution in [1.29, 1.82) is 0 Å². The van der Waals surface area contributed by atoms with Crippen LogP contribution in [0.1, 0.15) is 36.5 Å². The fourth-order valence-corrected chi connectivity index (χ4v) is 3.05. The first-order valence-corrected chi connectivity index (χ1v) is 7.93. The van der Waals surface area contributed by atoms with Gasteiger partial charge in [-0.05, 0) is 60.6 Å². The van der Waals surface area contributed by atoms with Crippen molar-refractivity contribution in [1.82, 2.24) is 0 Å². The summed E-state index contributed by atoms with van der Waals surface area (Å²) in [6.45, 7) is 2.32. The minimum atomic E-state index is -0.0400. The molecule has 2 N–H and O–H groups in total. The van der Waals surface area contributed by atoms with Gasteiger partial charge in [0.05, 0.1) is 0 Å². The zero-order valence-corrected chi connectivity index (χ0v) is 13.0. The van der Waals surface area contributed by atoms with Gasteiger partial charge in [0.1, 0.15) is 0 Å². The molecule has 0 aliphatic heterocycles. The number of rotatable bonds is 4. The van der Waals surface area contributed by atoms with Crippen LogP contribution < -0.4 is 10.6 Å². The van der Waals surface area contributed by atoms with E-state index in [0.29, 0.717) is 0 Å². The highest BCUT2D eigenvalue weighted by molar-refractivity contribution is 5.88. The molecular formula is C19H22N2O. The van der Waals surface area contributed by atoms with Gasteiger partial charge < -0.3 is 10.6 Å². The van der Waals surface area contributed by atoms with E-state index in [9.17, 15) is 4.79 Å². The lowest BCUT2D eigenvalue weighted by Crippen LogP contribution is -2.09. The van der Waals surface area contributed by atoms with Crippen LogP contribution in [0.2, 0.25) is 0 Å². The average molecular weight is 294 g/mol. The lowest BCUT2D eigenvalue weighted by Gasteiger charge is -2.20. The second-order valence-corrected chi connectivity index (χ2v) is 5.88. The Morgan fingerprint density at radius 1 is 1.05 bits per heavy atom. The first-order chi connectivity index (χ1) is 10.7. The van der Waals surface area contributed by atoms with E-state index in [0.717, 1.165) is 12.2 Å². The lowest BCUT2D eigenvalue weighted by atomic mass is 9.90. The summed E-state index contributed by atoms with van der Waals surface area (Å²) in [4.78, 5) is 11.0. The van der Waals surface area contributed by atoms with E-state index < -0.39 is 0 Å². The standard InChI is InChI=1S/C19H22N2O/c1-14(22)21-17-11-9-15(10-12-17)13-20-19-8-4-6-16-5-2-3-7-18(16)19/h4,6,8-12,20H,2-3,5,7,13H2,1H3,(H,21,22). The molecule has 3 nitrogen and oxygen atoms in total. The zero-order chi connectivity index (χ0) is 15.4. The largest absolute Gasteiger partial charge is 0.381 e. The third-order valence-corrected chi connectivity index (χ3v) is 4.15. The quantitative estimate of drug-likeness (QED) is 0.890. The Morgan fingerprint density at radius 3 is 2.59 bits per heavy atom. The number of fused-ring (bicyclic) bond motifs is 1. The van der Waals surface area contributed by atoms with Crippen LogP contribution >= 0.6 is 0 Å². The summed E-state index contributed by atoms with van der Waals surface area (Å²) >= 11 is 0. The molecule has 3 heteroatoms. The number of nitrogens with one attached hydrogen (secondary N) is 2. The van der Waals surface area contributed by atoms with Crippen LogP contribution in [0.4, 0.5) is 11.4 Å². The monoisotopic (exact) mass is 294 g/mol. The molecule has 1 aliphatic carbocycles. The zero-order valence-electron chi connectivity index (χ0n) is 13.0. The first-order valence-electron chi connectivity index (χ1n) is 7.93. The number of carbonyl (C=O) groups is 1. The summed E-state index contributed by atoms with van der Waals surface area (Å²) in [5.41, 5.74) is 6.31. The van der Waals surface area contributed by atoms with Crippen molar-refractivity contribution >= 4 is 17.3 Å². The van der Waals surface area contributed by atoms with E-state index in [2.05, 4.69) is 28.8 Å². The topological polar surface area (TPSA) is 41.1 Å². The second-order valence-electron chi connectivity index (χ2n) is 5.88. The Kier molecular flexibility index (Phi) is 4.42. The van der Waals surface area contributed by atoms with Crippen LogP contribution in [0, 0.1) is 0 Å². The average Bonchev–Trinajstić information content (AvgIpc) is 2.54. The van der Waals surface area contributed by atoms with Crippen molar-refractivity contribution in [3.05, 3.63) is 59.2 Å². The number of hydrogen-bond acceptors (Lipinski definition) is 2. The van der Waals surface area contributed by atoms with Crippen molar-refractivity contribution in [3.8, 4) is 0 Å². The molecule has 0 fully saturated rings. The molecule has 1 amide bonds. The third-order valence-electron chi connectivity index (χ3n) is 4.15. The van der Waals surface area contributed by atoms with Crippen LogP contribution in [0.25, 0.3) is 0 Å². The van der Waals surface area contributed by atoms with Gasteiger partial charge in [0.25, 0.3) is 0 Å². The van der Waals surface area contributed by atoms with Gasteiger partial charge in [0.15, 0.2) is 0 Å². The summed E-state index contributed by atoms with van der Waals surface area (Å²) in [5, 5.41) is 6.35. The molecular weight excluding hydrogens is 272 g/mol. The number of carbonyl (C=O) groups excluding carboxylic acids is 1. The molecule has 114 valence electrons. The molecule has 0 aromatic heterocycles. The van der Waals surface area contributed by atoms with Crippen LogP contribution in [-0.4, -0.2) is 5.91 Å². The highest BCUT2D eigenvalue weighted by atomic mass is 16.1. The molecule has 0 saturated carbocycles. The van der Waals surface area contributed by atoms with Crippen LogP contribution in [0.3, 0.4) is 0 Å². The molecule has 0 unspecified atom stereocenters.